The van der Waals surface area contributed by atoms with Crippen LogP contribution in [-0.2, 0) is 20.9 Å². The van der Waals surface area contributed by atoms with Gasteiger partial charge in [-0.05, 0) is 56.3 Å². The molecule has 2 aliphatic rings. The second kappa shape index (κ2) is 14.5. The molecule has 1 aromatic rings. The minimum atomic E-state index is -5.08. The first-order valence-corrected chi connectivity index (χ1v) is 11.4. The van der Waals surface area contributed by atoms with Crippen molar-refractivity contribution in [3.63, 3.8) is 0 Å². The Bertz CT molecular complexity index is 833. The SMILES string of the molecule is COCCCN1CCCC12CCN(Cc1cccc(F)c1)CC2.O=C(O)C(F)(F)F.O=C(O)C(F)(F)F. The average Bonchev–Trinajstić information content (AvgIpc) is 3.17. The van der Waals surface area contributed by atoms with Crippen LogP contribution in [0, 0.1) is 5.82 Å². The molecule has 3 rings (SSSR count). The number of carboxylic acid groups (broad SMARTS) is 2. The molecular weight excluding hydrogens is 517 g/mol. The van der Waals surface area contributed by atoms with E-state index in [-0.39, 0.29) is 5.82 Å². The number of nitrogens with zero attached hydrogens (tertiary/aromatic N) is 2. The van der Waals surface area contributed by atoms with Gasteiger partial charge in [0, 0.05) is 45.4 Å². The molecule has 14 heteroatoms. The van der Waals surface area contributed by atoms with E-state index in [0.29, 0.717) is 5.54 Å². The molecule has 7 nitrogen and oxygen atoms in total. The Hall–Kier alpha value is -2.45. The third-order valence-corrected chi connectivity index (χ3v) is 6.08. The summed E-state index contributed by atoms with van der Waals surface area (Å²) in [5.41, 5.74) is 1.51. The standard InChI is InChI=1S/C19H29FN2O.2C2HF3O2/c1-23-14-4-11-22-10-3-7-19(22)8-12-21(13-9-19)16-17-5-2-6-18(20)15-17;2*3-2(4,5)1(6)7/h2,5-6,15H,3-4,7-14,16H2,1H3;2*(H,6,7). The number of hydrogen-bond donors (Lipinski definition) is 2. The quantitative estimate of drug-likeness (QED) is 0.398. The Morgan fingerprint density at radius 3 is 1.97 bits per heavy atom. The lowest BCUT2D eigenvalue weighted by atomic mass is 9.84. The normalized spacial score (nSPS) is 17.9. The molecule has 2 N–H and O–H groups in total. The fourth-order valence-corrected chi connectivity index (χ4v) is 4.33. The average molecular weight is 548 g/mol. The van der Waals surface area contributed by atoms with Crippen molar-refractivity contribution in [3.05, 3.63) is 35.6 Å². The molecule has 1 aromatic carbocycles. The zero-order valence-electron chi connectivity index (χ0n) is 20.2. The number of alkyl halides is 6. The van der Waals surface area contributed by atoms with E-state index >= 15 is 0 Å². The largest absolute Gasteiger partial charge is 0.490 e. The maximum atomic E-state index is 13.3. The lowest BCUT2D eigenvalue weighted by molar-refractivity contribution is -0.193. The number of piperidine rings is 1. The summed E-state index contributed by atoms with van der Waals surface area (Å²) in [5.74, 6) is -5.64. The molecule has 0 radical (unpaired) electrons. The number of benzene rings is 1. The van der Waals surface area contributed by atoms with Crippen molar-refractivity contribution in [1.29, 1.82) is 0 Å². The first kappa shape index (κ1) is 32.6. The van der Waals surface area contributed by atoms with E-state index in [1.165, 1.54) is 38.3 Å². The van der Waals surface area contributed by atoms with Gasteiger partial charge in [0.05, 0.1) is 0 Å². The van der Waals surface area contributed by atoms with Crippen LogP contribution in [0.2, 0.25) is 0 Å². The Morgan fingerprint density at radius 2 is 1.51 bits per heavy atom. The number of rotatable bonds is 6. The summed E-state index contributed by atoms with van der Waals surface area (Å²) in [4.78, 5) is 23.0. The molecule has 1 spiro atoms. The van der Waals surface area contributed by atoms with Crippen molar-refractivity contribution < 1.29 is 55.3 Å². The maximum absolute atomic E-state index is 13.3. The van der Waals surface area contributed by atoms with Crippen LogP contribution in [-0.4, -0.2) is 89.7 Å². The second-order valence-electron chi connectivity index (χ2n) is 8.67. The van der Waals surface area contributed by atoms with Crippen LogP contribution in [0.1, 0.15) is 37.7 Å². The number of carbonyl (C=O) groups is 2. The van der Waals surface area contributed by atoms with E-state index in [4.69, 9.17) is 24.5 Å². The summed E-state index contributed by atoms with van der Waals surface area (Å²) in [7, 11) is 1.78. The lowest BCUT2D eigenvalue weighted by Gasteiger charge is -2.45. The lowest BCUT2D eigenvalue weighted by Crippen LogP contribution is -2.52. The number of aliphatic carboxylic acids is 2. The topological polar surface area (TPSA) is 90.3 Å². The van der Waals surface area contributed by atoms with Crippen LogP contribution < -0.4 is 0 Å². The Balaban J connectivity index is 0.000000404. The molecule has 0 saturated carbocycles. The molecule has 0 aliphatic carbocycles. The number of halogens is 7. The third kappa shape index (κ3) is 11.6. The van der Waals surface area contributed by atoms with Crippen molar-refractivity contribution in [2.45, 2.75) is 56.5 Å². The van der Waals surface area contributed by atoms with Gasteiger partial charge in [-0.1, -0.05) is 12.1 Å². The van der Waals surface area contributed by atoms with E-state index in [9.17, 15) is 30.7 Å². The summed E-state index contributed by atoms with van der Waals surface area (Å²) < 4.78 is 82.0. The van der Waals surface area contributed by atoms with Gasteiger partial charge in [0.2, 0.25) is 0 Å². The Labute approximate surface area is 209 Å². The number of carboxylic acids is 2. The number of ether oxygens (including phenoxy) is 1. The van der Waals surface area contributed by atoms with Gasteiger partial charge in [0.15, 0.2) is 0 Å². The van der Waals surface area contributed by atoms with Gasteiger partial charge in [-0.15, -0.1) is 0 Å². The first-order chi connectivity index (χ1) is 17.1. The molecular formula is C23H31F7N2O5. The Kier molecular flexibility index (Phi) is 12.7. The van der Waals surface area contributed by atoms with E-state index in [0.717, 1.165) is 44.8 Å². The van der Waals surface area contributed by atoms with Crippen LogP contribution in [0.15, 0.2) is 24.3 Å². The zero-order chi connectivity index (χ0) is 28.3. The highest BCUT2D eigenvalue weighted by molar-refractivity contribution is 5.73. The van der Waals surface area contributed by atoms with Crippen molar-refractivity contribution in [2.24, 2.45) is 0 Å². The van der Waals surface area contributed by atoms with E-state index in [1.54, 1.807) is 13.2 Å². The predicted octanol–water partition coefficient (Wildman–Crippen LogP) is 4.56. The molecule has 2 heterocycles. The van der Waals surface area contributed by atoms with Crippen molar-refractivity contribution >= 4 is 11.9 Å². The monoisotopic (exact) mass is 548 g/mol. The molecule has 0 unspecified atom stereocenters. The van der Waals surface area contributed by atoms with Gasteiger partial charge < -0.3 is 14.9 Å². The molecule has 0 atom stereocenters. The molecule has 2 saturated heterocycles. The first-order valence-electron chi connectivity index (χ1n) is 11.4. The predicted molar refractivity (Wildman–Crippen MR) is 118 cm³/mol. The van der Waals surface area contributed by atoms with Crippen molar-refractivity contribution in [1.82, 2.24) is 9.80 Å². The third-order valence-electron chi connectivity index (χ3n) is 6.08. The number of methoxy groups -OCH3 is 1. The van der Waals surface area contributed by atoms with Crippen LogP contribution in [0.5, 0.6) is 0 Å². The van der Waals surface area contributed by atoms with Crippen LogP contribution in [0.3, 0.4) is 0 Å². The number of likely N-dealkylation sites (tertiary alicyclic amines) is 2. The van der Waals surface area contributed by atoms with Gasteiger partial charge in [-0.25, -0.2) is 14.0 Å². The highest BCUT2D eigenvalue weighted by atomic mass is 19.4. The molecule has 0 aromatic heterocycles. The highest BCUT2D eigenvalue weighted by Crippen LogP contribution is 2.38. The van der Waals surface area contributed by atoms with Gasteiger partial charge in [-0.3, -0.25) is 9.80 Å². The fourth-order valence-electron chi connectivity index (χ4n) is 4.33. The minimum Gasteiger partial charge on any atom is -0.475 e. The molecule has 37 heavy (non-hydrogen) atoms. The molecule has 212 valence electrons. The van der Waals surface area contributed by atoms with Crippen molar-refractivity contribution in [2.75, 3.05) is 39.9 Å². The van der Waals surface area contributed by atoms with Gasteiger partial charge in [0.25, 0.3) is 0 Å². The molecule has 2 aliphatic heterocycles. The molecule has 2 fully saturated rings. The van der Waals surface area contributed by atoms with Crippen LogP contribution in [0.25, 0.3) is 0 Å². The van der Waals surface area contributed by atoms with E-state index in [2.05, 4.69) is 9.80 Å². The Morgan fingerprint density at radius 1 is 0.973 bits per heavy atom. The van der Waals surface area contributed by atoms with Crippen LogP contribution in [0.4, 0.5) is 30.7 Å². The summed E-state index contributed by atoms with van der Waals surface area (Å²) in [5, 5.41) is 14.2. The smallest absolute Gasteiger partial charge is 0.475 e. The van der Waals surface area contributed by atoms with Crippen molar-refractivity contribution in [3.8, 4) is 0 Å². The summed E-state index contributed by atoms with van der Waals surface area (Å²) in [6.07, 6.45) is -3.87. The van der Waals surface area contributed by atoms with E-state index in [1.807, 2.05) is 12.1 Å². The van der Waals surface area contributed by atoms with Gasteiger partial charge >= 0.3 is 24.3 Å². The van der Waals surface area contributed by atoms with Gasteiger partial charge in [-0.2, -0.15) is 26.3 Å². The maximum Gasteiger partial charge on any atom is 0.490 e. The zero-order valence-corrected chi connectivity index (χ0v) is 20.2. The second-order valence-corrected chi connectivity index (χ2v) is 8.67. The van der Waals surface area contributed by atoms with E-state index < -0.39 is 24.3 Å². The van der Waals surface area contributed by atoms with Gasteiger partial charge in [0.1, 0.15) is 5.82 Å². The molecule has 0 amide bonds. The summed E-state index contributed by atoms with van der Waals surface area (Å²) in [6, 6.07) is 7.02. The highest BCUT2D eigenvalue weighted by Gasteiger charge is 2.42. The van der Waals surface area contributed by atoms with Crippen LogP contribution >= 0.6 is 0 Å². The minimum absolute atomic E-state index is 0.129. The summed E-state index contributed by atoms with van der Waals surface area (Å²) >= 11 is 0. The molecule has 0 bridgehead atoms. The summed E-state index contributed by atoms with van der Waals surface area (Å²) in [6.45, 7) is 6.38. The fraction of sp³-hybridized carbons (Fsp3) is 0.652. The number of hydrogen-bond acceptors (Lipinski definition) is 5.